The van der Waals surface area contributed by atoms with Crippen LogP contribution in [-0.4, -0.2) is 20.2 Å². The van der Waals surface area contributed by atoms with Gasteiger partial charge in [0.2, 0.25) is 0 Å². The number of pyridine rings is 1. The van der Waals surface area contributed by atoms with E-state index in [1.54, 1.807) is 29.8 Å². The Kier molecular flexibility index (Phi) is 2.62. The number of nitrogens with zero attached hydrogens (tertiary/aromatic N) is 3. The predicted molar refractivity (Wildman–Crippen MR) is 67.9 cm³/mol. The molecule has 0 saturated carbocycles. The Balaban J connectivity index is 2.04. The van der Waals surface area contributed by atoms with Gasteiger partial charge in [-0.2, -0.15) is 5.10 Å². The van der Waals surface area contributed by atoms with E-state index < -0.39 is 0 Å². The zero-order chi connectivity index (χ0) is 11.7. The number of nitrogens with one attached hydrogen (secondary N) is 1. The average Bonchev–Trinajstić information content (AvgIpc) is 3.00. The van der Waals surface area contributed by atoms with Gasteiger partial charge in [0.1, 0.15) is 0 Å². The Hall–Kier alpha value is -1.72. The molecule has 0 aliphatic heterocycles. The number of H-pyrrole nitrogens is 1. The van der Waals surface area contributed by atoms with Gasteiger partial charge in [-0.1, -0.05) is 17.7 Å². The standard InChI is InChI=1S/C11H7ClN4S/c12-8-6-13-4-3-7(8)10-14-11(16-15-10)9-2-1-5-17-9/h1-6H,(H,14,15,16). The first-order valence-corrected chi connectivity index (χ1v) is 6.16. The molecule has 0 atom stereocenters. The van der Waals surface area contributed by atoms with E-state index in [1.807, 2.05) is 17.5 Å². The highest BCUT2D eigenvalue weighted by Gasteiger charge is 2.10. The van der Waals surface area contributed by atoms with E-state index in [-0.39, 0.29) is 0 Å². The Morgan fingerprint density at radius 1 is 1.29 bits per heavy atom. The number of hydrogen-bond acceptors (Lipinski definition) is 4. The number of aromatic nitrogens is 4. The molecule has 84 valence electrons. The number of rotatable bonds is 2. The smallest absolute Gasteiger partial charge is 0.183 e. The molecule has 3 aromatic rings. The summed E-state index contributed by atoms with van der Waals surface area (Å²) in [5.41, 5.74) is 0.778. The van der Waals surface area contributed by atoms with Gasteiger partial charge in [-0.3, -0.25) is 10.1 Å². The molecular weight excluding hydrogens is 256 g/mol. The SMILES string of the molecule is Clc1cnccc1-c1n[nH]c(-c2cccs2)n1. The largest absolute Gasteiger partial charge is 0.263 e. The maximum absolute atomic E-state index is 6.04. The van der Waals surface area contributed by atoms with Gasteiger partial charge in [-0.25, -0.2) is 4.98 Å². The van der Waals surface area contributed by atoms with Crippen LogP contribution in [-0.2, 0) is 0 Å². The van der Waals surface area contributed by atoms with E-state index in [9.17, 15) is 0 Å². The van der Waals surface area contributed by atoms with Crippen LogP contribution < -0.4 is 0 Å². The highest BCUT2D eigenvalue weighted by Crippen LogP contribution is 2.26. The van der Waals surface area contributed by atoms with Gasteiger partial charge in [-0.05, 0) is 17.5 Å². The molecule has 3 aromatic heterocycles. The molecular formula is C11H7ClN4S. The summed E-state index contributed by atoms with van der Waals surface area (Å²) in [6, 6.07) is 5.76. The maximum atomic E-state index is 6.04. The quantitative estimate of drug-likeness (QED) is 0.771. The predicted octanol–water partition coefficient (Wildman–Crippen LogP) is 3.25. The number of halogens is 1. The fourth-order valence-corrected chi connectivity index (χ4v) is 2.33. The summed E-state index contributed by atoms with van der Waals surface area (Å²) < 4.78 is 0. The molecule has 0 amide bonds. The van der Waals surface area contributed by atoms with E-state index in [4.69, 9.17) is 11.6 Å². The van der Waals surface area contributed by atoms with Crippen LogP contribution in [0.2, 0.25) is 5.02 Å². The van der Waals surface area contributed by atoms with Crippen LogP contribution in [0.15, 0.2) is 36.0 Å². The van der Waals surface area contributed by atoms with Crippen molar-refractivity contribution in [1.29, 1.82) is 0 Å². The van der Waals surface area contributed by atoms with Crippen molar-refractivity contribution in [3.05, 3.63) is 41.0 Å². The van der Waals surface area contributed by atoms with Crippen LogP contribution >= 0.6 is 22.9 Å². The topological polar surface area (TPSA) is 54.5 Å². The lowest BCUT2D eigenvalue weighted by Gasteiger charge is -1.96. The fraction of sp³-hybridized carbons (Fsp3) is 0. The summed E-state index contributed by atoms with van der Waals surface area (Å²) >= 11 is 7.65. The number of aromatic amines is 1. The first-order chi connectivity index (χ1) is 8.34. The average molecular weight is 263 g/mol. The third kappa shape index (κ3) is 1.94. The Morgan fingerprint density at radius 3 is 3.00 bits per heavy atom. The van der Waals surface area contributed by atoms with Gasteiger partial charge in [0, 0.05) is 18.0 Å². The van der Waals surface area contributed by atoms with E-state index in [1.165, 1.54) is 0 Å². The third-order valence-corrected chi connectivity index (χ3v) is 3.43. The lowest BCUT2D eigenvalue weighted by molar-refractivity contribution is 1.10. The Morgan fingerprint density at radius 2 is 2.24 bits per heavy atom. The van der Waals surface area contributed by atoms with Crippen LogP contribution in [0.5, 0.6) is 0 Å². The van der Waals surface area contributed by atoms with Crippen molar-refractivity contribution < 1.29 is 0 Å². The van der Waals surface area contributed by atoms with E-state index in [0.29, 0.717) is 10.8 Å². The molecule has 3 rings (SSSR count). The summed E-state index contributed by atoms with van der Waals surface area (Å²) in [5.74, 6) is 1.34. The minimum absolute atomic E-state index is 0.546. The maximum Gasteiger partial charge on any atom is 0.183 e. The van der Waals surface area contributed by atoms with E-state index >= 15 is 0 Å². The summed E-state index contributed by atoms with van der Waals surface area (Å²) in [6.45, 7) is 0. The van der Waals surface area contributed by atoms with Crippen LogP contribution in [0.3, 0.4) is 0 Å². The third-order valence-electron chi connectivity index (χ3n) is 2.25. The zero-order valence-corrected chi connectivity index (χ0v) is 10.2. The van der Waals surface area contributed by atoms with Crippen molar-refractivity contribution in [2.24, 2.45) is 0 Å². The second kappa shape index (κ2) is 4.27. The second-order valence-electron chi connectivity index (χ2n) is 3.34. The van der Waals surface area contributed by atoms with Crippen molar-refractivity contribution in [2.45, 2.75) is 0 Å². The first-order valence-electron chi connectivity index (χ1n) is 4.91. The summed E-state index contributed by atoms with van der Waals surface area (Å²) in [5, 5.41) is 9.61. The van der Waals surface area contributed by atoms with Crippen molar-refractivity contribution in [2.75, 3.05) is 0 Å². The van der Waals surface area contributed by atoms with Crippen LogP contribution in [0, 0.1) is 0 Å². The molecule has 0 bridgehead atoms. The van der Waals surface area contributed by atoms with Gasteiger partial charge >= 0.3 is 0 Å². The summed E-state index contributed by atoms with van der Waals surface area (Å²) in [6.07, 6.45) is 3.25. The van der Waals surface area contributed by atoms with Crippen molar-refractivity contribution in [3.8, 4) is 22.1 Å². The highest BCUT2D eigenvalue weighted by molar-refractivity contribution is 7.13. The molecule has 6 heteroatoms. The minimum atomic E-state index is 0.546. The van der Waals surface area contributed by atoms with E-state index in [0.717, 1.165) is 16.3 Å². The molecule has 3 heterocycles. The van der Waals surface area contributed by atoms with Crippen molar-refractivity contribution >= 4 is 22.9 Å². The summed E-state index contributed by atoms with van der Waals surface area (Å²) in [7, 11) is 0. The second-order valence-corrected chi connectivity index (χ2v) is 4.70. The zero-order valence-electron chi connectivity index (χ0n) is 8.59. The van der Waals surface area contributed by atoms with E-state index in [2.05, 4.69) is 20.2 Å². The fourth-order valence-electron chi connectivity index (χ4n) is 1.46. The molecule has 0 radical (unpaired) electrons. The lowest BCUT2D eigenvalue weighted by atomic mass is 10.2. The molecule has 0 spiro atoms. The van der Waals surface area contributed by atoms with Crippen molar-refractivity contribution in [3.63, 3.8) is 0 Å². The highest BCUT2D eigenvalue weighted by atomic mass is 35.5. The molecule has 0 saturated heterocycles. The van der Waals surface area contributed by atoms with Crippen LogP contribution in [0.4, 0.5) is 0 Å². The monoisotopic (exact) mass is 262 g/mol. The minimum Gasteiger partial charge on any atom is -0.263 e. The lowest BCUT2D eigenvalue weighted by Crippen LogP contribution is -1.83. The molecule has 1 N–H and O–H groups in total. The van der Waals surface area contributed by atoms with Crippen LogP contribution in [0.1, 0.15) is 0 Å². The summed E-state index contributed by atoms with van der Waals surface area (Å²) in [4.78, 5) is 9.40. The van der Waals surface area contributed by atoms with Gasteiger partial charge < -0.3 is 0 Å². The first kappa shape index (κ1) is 10.4. The molecule has 17 heavy (non-hydrogen) atoms. The van der Waals surface area contributed by atoms with Gasteiger partial charge in [0.05, 0.1) is 9.90 Å². The normalized spacial score (nSPS) is 10.6. The van der Waals surface area contributed by atoms with Gasteiger partial charge in [0.15, 0.2) is 11.6 Å². The molecule has 0 unspecified atom stereocenters. The van der Waals surface area contributed by atoms with Crippen LogP contribution in [0.25, 0.3) is 22.1 Å². The number of thiophene rings is 1. The Labute approximate surface area is 106 Å². The molecule has 0 aliphatic carbocycles. The Bertz CT molecular complexity index is 632. The van der Waals surface area contributed by atoms with Gasteiger partial charge in [0.25, 0.3) is 0 Å². The number of hydrogen-bond donors (Lipinski definition) is 1. The molecule has 4 nitrogen and oxygen atoms in total. The molecule has 0 aliphatic rings. The van der Waals surface area contributed by atoms with Gasteiger partial charge in [-0.15, -0.1) is 11.3 Å². The molecule has 0 aromatic carbocycles. The van der Waals surface area contributed by atoms with Crippen molar-refractivity contribution in [1.82, 2.24) is 20.2 Å². The molecule has 0 fully saturated rings.